The molecule has 3 aliphatic heterocycles. The number of aliphatic hydroxyl groups is 1. The number of nitrogens with zero attached hydrogens (tertiary/aromatic N) is 1. The van der Waals surface area contributed by atoms with Gasteiger partial charge in [-0.15, -0.1) is 0 Å². The quantitative estimate of drug-likeness (QED) is 0.185. The average Bonchev–Trinajstić information content (AvgIpc) is 3.62. The second-order valence-electron chi connectivity index (χ2n) is 13.1. The summed E-state index contributed by atoms with van der Waals surface area (Å²) in [5.74, 6) is -0.408. The van der Waals surface area contributed by atoms with E-state index in [1.165, 1.54) is 0 Å². The number of ether oxygens (including phenoxy) is 4. The first kappa shape index (κ1) is 33.4. The maximum atomic E-state index is 12.5. The third-order valence-corrected chi connectivity index (χ3v) is 9.68. The smallest absolute Gasteiger partial charge is 0.315 e. The summed E-state index contributed by atoms with van der Waals surface area (Å²) in [7, 11) is 0. The van der Waals surface area contributed by atoms with E-state index < -0.39 is 12.1 Å². The van der Waals surface area contributed by atoms with Gasteiger partial charge in [0.1, 0.15) is 0 Å². The SMILES string of the molecule is O=C(NCc1ccccc1)NCc1cccc(-c2cccc([C@@H]3O[C@H](CN4CCC5(CC4)OCCO5)C[C@H](c4ccc(CO)cc4)O3)c2)c1. The second kappa shape index (κ2) is 15.6. The lowest BCUT2D eigenvalue weighted by Gasteiger charge is -2.41. The van der Waals surface area contributed by atoms with Gasteiger partial charge in [0, 0.05) is 57.5 Å². The Morgan fingerprint density at radius 3 is 2.14 bits per heavy atom. The number of likely N-dealkylation sites (tertiary alicyclic amines) is 1. The Morgan fingerprint density at radius 1 is 0.735 bits per heavy atom. The first-order chi connectivity index (χ1) is 24.0. The first-order valence-corrected chi connectivity index (χ1v) is 17.3. The van der Waals surface area contributed by atoms with E-state index in [1.54, 1.807) is 0 Å². The Morgan fingerprint density at radius 2 is 1.41 bits per heavy atom. The van der Waals surface area contributed by atoms with Gasteiger partial charge in [-0.2, -0.15) is 0 Å². The van der Waals surface area contributed by atoms with Gasteiger partial charge < -0.3 is 39.6 Å². The fourth-order valence-corrected chi connectivity index (χ4v) is 6.93. The lowest BCUT2D eigenvalue weighted by atomic mass is 9.97. The molecule has 0 bridgehead atoms. The predicted octanol–water partition coefficient (Wildman–Crippen LogP) is 6.23. The molecule has 0 aromatic heterocycles. The maximum absolute atomic E-state index is 12.5. The van der Waals surface area contributed by atoms with E-state index in [2.05, 4.69) is 45.9 Å². The summed E-state index contributed by atoms with van der Waals surface area (Å²) in [6.45, 7) is 4.85. The van der Waals surface area contributed by atoms with Gasteiger partial charge in [0.2, 0.25) is 0 Å². The van der Waals surface area contributed by atoms with Crippen LogP contribution < -0.4 is 10.6 Å². The summed E-state index contributed by atoms with van der Waals surface area (Å²) in [4.78, 5) is 14.9. The van der Waals surface area contributed by atoms with Crippen molar-refractivity contribution in [2.75, 3.05) is 32.8 Å². The fourth-order valence-electron chi connectivity index (χ4n) is 6.93. The molecule has 9 heteroatoms. The monoisotopic (exact) mass is 663 g/mol. The van der Waals surface area contributed by atoms with Crippen LogP contribution in [-0.2, 0) is 38.6 Å². The number of urea groups is 1. The molecule has 2 amide bonds. The topological polar surface area (TPSA) is 102 Å². The molecule has 0 radical (unpaired) electrons. The first-order valence-electron chi connectivity index (χ1n) is 17.3. The molecule has 0 unspecified atom stereocenters. The van der Waals surface area contributed by atoms with Gasteiger partial charge in [-0.05, 0) is 45.5 Å². The third-order valence-electron chi connectivity index (χ3n) is 9.68. The van der Waals surface area contributed by atoms with Crippen LogP contribution in [0.1, 0.15) is 59.5 Å². The Balaban J connectivity index is 1.03. The van der Waals surface area contributed by atoms with Gasteiger partial charge in [-0.3, -0.25) is 0 Å². The van der Waals surface area contributed by atoms with E-state index in [9.17, 15) is 9.90 Å². The molecule has 7 rings (SSSR count). The number of rotatable bonds is 10. The molecule has 0 saturated carbocycles. The van der Waals surface area contributed by atoms with Crippen molar-refractivity contribution in [3.05, 3.63) is 131 Å². The van der Waals surface area contributed by atoms with Crippen LogP contribution in [-0.4, -0.2) is 60.8 Å². The van der Waals surface area contributed by atoms with Gasteiger partial charge >= 0.3 is 6.03 Å². The molecule has 3 saturated heterocycles. The van der Waals surface area contributed by atoms with Gasteiger partial charge in [-0.25, -0.2) is 4.79 Å². The van der Waals surface area contributed by atoms with Crippen molar-refractivity contribution in [3.63, 3.8) is 0 Å². The number of benzene rings is 4. The van der Waals surface area contributed by atoms with E-state index in [-0.39, 0.29) is 24.8 Å². The Labute approximate surface area is 288 Å². The summed E-state index contributed by atoms with van der Waals surface area (Å²) >= 11 is 0. The molecule has 3 atom stereocenters. The van der Waals surface area contributed by atoms with Crippen LogP contribution in [0.3, 0.4) is 0 Å². The lowest BCUT2D eigenvalue weighted by Crippen LogP contribution is -2.48. The number of piperidine rings is 1. The molecule has 4 aromatic carbocycles. The Kier molecular flexibility index (Phi) is 10.7. The lowest BCUT2D eigenvalue weighted by molar-refractivity contribution is -0.255. The standard InChI is InChI=1S/C40H45N3O6/c44-28-30-12-14-32(15-13-30)37-24-36(27-43-18-16-40(17-19-43)46-20-21-47-40)48-38(49-37)35-11-5-10-34(23-35)33-9-4-8-31(22-33)26-42-39(45)41-25-29-6-2-1-3-7-29/h1-15,22-23,36-38,44H,16-21,24-28H2,(H2,41,42,45)/t36-,37+,38+/m0/s1. The van der Waals surface area contributed by atoms with Crippen molar-refractivity contribution in [1.29, 1.82) is 0 Å². The Hall–Kier alpha value is -4.09. The summed E-state index contributed by atoms with van der Waals surface area (Å²) < 4.78 is 25.3. The number of hydrogen-bond donors (Lipinski definition) is 3. The van der Waals surface area contributed by atoms with Crippen molar-refractivity contribution in [2.24, 2.45) is 0 Å². The van der Waals surface area contributed by atoms with Crippen molar-refractivity contribution >= 4 is 6.03 Å². The normalized spacial score (nSPS) is 22.2. The molecule has 3 aliphatic rings. The van der Waals surface area contributed by atoms with Crippen LogP contribution in [0.2, 0.25) is 0 Å². The highest BCUT2D eigenvalue weighted by Gasteiger charge is 2.41. The molecule has 3 N–H and O–H groups in total. The van der Waals surface area contributed by atoms with Gasteiger partial charge in [-0.1, -0.05) is 91.0 Å². The average molecular weight is 664 g/mol. The number of aliphatic hydroxyl groups excluding tert-OH is 1. The van der Waals surface area contributed by atoms with Crippen LogP contribution in [0.4, 0.5) is 4.79 Å². The second-order valence-corrected chi connectivity index (χ2v) is 13.1. The molecule has 9 nitrogen and oxygen atoms in total. The van der Waals surface area contributed by atoms with Crippen molar-refractivity contribution in [3.8, 4) is 11.1 Å². The molecule has 4 aromatic rings. The zero-order valence-electron chi connectivity index (χ0n) is 27.8. The third kappa shape index (κ3) is 8.56. The minimum Gasteiger partial charge on any atom is -0.392 e. The fraction of sp³-hybridized carbons (Fsp3) is 0.375. The van der Waals surface area contributed by atoms with E-state index in [0.29, 0.717) is 26.3 Å². The number of amides is 2. The van der Waals surface area contributed by atoms with Crippen LogP contribution >= 0.6 is 0 Å². The highest BCUT2D eigenvalue weighted by molar-refractivity contribution is 5.74. The van der Waals surface area contributed by atoms with E-state index in [1.807, 2.05) is 72.8 Å². The summed E-state index contributed by atoms with van der Waals surface area (Å²) in [5.41, 5.74) is 7.05. The van der Waals surface area contributed by atoms with Crippen molar-refractivity contribution in [2.45, 2.75) is 63.2 Å². The van der Waals surface area contributed by atoms with Crippen molar-refractivity contribution in [1.82, 2.24) is 15.5 Å². The minimum atomic E-state index is -0.544. The molecule has 0 aliphatic carbocycles. The summed E-state index contributed by atoms with van der Waals surface area (Å²) in [5, 5.41) is 15.5. The molecule has 256 valence electrons. The molecular formula is C40H45N3O6. The summed E-state index contributed by atoms with van der Waals surface area (Å²) in [6.07, 6.45) is 1.72. The van der Waals surface area contributed by atoms with Gasteiger partial charge in [0.25, 0.3) is 0 Å². The van der Waals surface area contributed by atoms with Gasteiger partial charge in [0.15, 0.2) is 12.1 Å². The number of nitrogens with one attached hydrogen (secondary N) is 2. The van der Waals surface area contributed by atoms with Crippen LogP contribution in [0.15, 0.2) is 103 Å². The maximum Gasteiger partial charge on any atom is 0.315 e. The van der Waals surface area contributed by atoms with E-state index in [0.717, 1.165) is 77.8 Å². The summed E-state index contributed by atoms with van der Waals surface area (Å²) in [6, 6.07) is 34.2. The Bertz CT molecular complexity index is 1670. The molecule has 1 spiro atoms. The number of carbonyl (C=O) groups is 1. The molecule has 49 heavy (non-hydrogen) atoms. The van der Waals surface area contributed by atoms with Crippen molar-refractivity contribution < 1.29 is 28.8 Å². The van der Waals surface area contributed by atoms with E-state index >= 15 is 0 Å². The minimum absolute atomic E-state index is 0.00948. The van der Waals surface area contributed by atoms with Crippen LogP contribution in [0.5, 0.6) is 0 Å². The van der Waals surface area contributed by atoms with Gasteiger partial charge in [0.05, 0.1) is 32.0 Å². The van der Waals surface area contributed by atoms with E-state index in [4.69, 9.17) is 18.9 Å². The van der Waals surface area contributed by atoms with Crippen LogP contribution in [0.25, 0.3) is 11.1 Å². The highest BCUT2D eigenvalue weighted by Crippen LogP contribution is 2.40. The zero-order chi connectivity index (χ0) is 33.5. The number of hydrogen-bond acceptors (Lipinski definition) is 7. The predicted molar refractivity (Wildman–Crippen MR) is 186 cm³/mol. The highest BCUT2D eigenvalue weighted by atomic mass is 16.7. The molecular weight excluding hydrogens is 618 g/mol. The number of carbonyl (C=O) groups excluding carboxylic acids is 1. The zero-order valence-corrected chi connectivity index (χ0v) is 27.8. The largest absolute Gasteiger partial charge is 0.392 e. The molecule has 3 fully saturated rings. The molecule has 3 heterocycles. The van der Waals surface area contributed by atoms with Crippen LogP contribution in [0, 0.1) is 0 Å².